The molecule has 96 valence electrons. The predicted octanol–water partition coefficient (Wildman–Crippen LogP) is 4.04. The monoisotopic (exact) mass is 236 g/mol. The minimum atomic E-state index is 0.320. The molecule has 0 aliphatic heterocycles. The highest BCUT2D eigenvalue weighted by Gasteiger charge is 2.08. The Morgan fingerprint density at radius 2 is 2.00 bits per heavy atom. The molecule has 0 fully saturated rings. The van der Waals surface area contributed by atoms with Gasteiger partial charge in [-0.3, -0.25) is 0 Å². The van der Waals surface area contributed by atoms with E-state index in [0.717, 1.165) is 12.2 Å². The van der Waals surface area contributed by atoms with Crippen LogP contribution in [0, 0.1) is 5.92 Å². The third-order valence-corrected chi connectivity index (χ3v) is 2.92. The van der Waals surface area contributed by atoms with Crippen molar-refractivity contribution in [2.75, 3.05) is 13.9 Å². The molecular formula is C15H24O2. The first-order chi connectivity index (χ1) is 8.27. The first kappa shape index (κ1) is 14.0. The molecule has 0 saturated carbocycles. The van der Waals surface area contributed by atoms with Crippen molar-refractivity contribution in [3.8, 4) is 5.75 Å². The number of methoxy groups -OCH3 is 1. The second-order valence-electron chi connectivity index (χ2n) is 4.61. The average molecular weight is 236 g/mol. The van der Waals surface area contributed by atoms with E-state index in [1.807, 2.05) is 12.1 Å². The molecule has 0 aromatic heterocycles. The first-order valence-electron chi connectivity index (χ1n) is 6.47. The standard InChI is InChI=1S/C15H24O2/c1-4-5-8-13(2)11-14-9-6-7-10-15(14)17-12-16-3/h6-7,9-10,13H,4-5,8,11-12H2,1-3H3/t13-/m0/s1. The average Bonchev–Trinajstić information content (AvgIpc) is 2.35. The van der Waals surface area contributed by atoms with Gasteiger partial charge in [-0.25, -0.2) is 0 Å². The van der Waals surface area contributed by atoms with Crippen molar-refractivity contribution in [2.45, 2.75) is 39.5 Å². The fourth-order valence-corrected chi connectivity index (χ4v) is 1.97. The Labute approximate surface area is 105 Å². The highest BCUT2D eigenvalue weighted by Crippen LogP contribution is 2.23. The van der Waals surface area contributed by atoms with Crippen molar-refractivity contribution in [3.63, 3.8) is 0 Å². The summed E-state index contributed by atoms with van der Waals surface area (Å²) in [6.45, 7) is 4.87. The van der Waals surface area contributed by atoms with E-state index < -0.39 is 0 Å². The van der Waals surface area contributed by atoms with Gasteiger partial charge in [-0.2, -0.15) is 0 Å². The van der Waals surface area contributed by atoms with Gasteiger partial charge in [0.05, 0.1) is 0 Å². The molecule has 0 unspecified atom stereocenters. The molecule has 0 saturated heterocycles. The minimum Gasteiger partial charge on any atom is -0.467 e. The summed E-state index contributed by atoms with van der Waals surface area (Å²) in [7, 11) is 1.65. The van der Waals surface area contributed by atoms with E-state index in [4.69, 9.17) is 9.47 Å². The lowest BCUT2D eigenvalue weighted by Gasteiger charge is -2.14. The third kappa shape index (κ3) is 5.22. The van der Waals surface area contributed by atoms with Gasteiger partial charge < -0.3 is 9.47 Å². The van der Waals surface area contributed by atoms with Gasteiger partial charge in [0.1, 0.15) is 5.75 Å². The van der Waals surface area contributed by atoms with E-state index in [1.54, 1.807) is 7.11 Å². The topological polar surface area (TPSA) is 18.5 Å². The van der Waals surface area contributed by atoms with E-state index in [9.17, 15) is 0 Å². The zero-order valence-corrected chi connectivity index (χ0v) is 11.2. The first-order valence-corrected chi connectivity index (χ1v) is 6.47. The molecule has 0 aliphatic rings. The van der Waals surface area contributed by atoms with Crippen molar-refractivity contribution in [3.05, 3.63) is 29.8 Å². The molecule has 0 N–H and O–H groups in total. The maximum absolute atomic E-state index is 5.57. The molecule has 0 aliphatic carbocycles. The van der Waals surface area contributed by atoms with Gasteiger partial charge in [-0.15, -0.1) is 0 Å². The largest absolute Gasteiger partial charge is 0.467 e. The van der Waals surface area contributed by atoms with Gasteiger partial charge in [0.15, 0.2) is 6.79 Å². The summed E-state index contributed by atoms with van der Waals surface area (Å²) in [5, 5.41) is 0. The molecule has 2 heteroatoms. The molecule has 1 aromatic carbocycles. The van der Waals surface area contributed by atoms with Crippen molar-refractivity contribution in [1.29, 1.82) is 0 Å². The second kappa shape index (κ2) is 8.13. The van der Waals surface area contributed by atoms with Crippen LogP contribution in [0.5, 0.6) is 5.75 Å². The Balaban J connectivity index is 2.56. The van der Waals surface area contributed by atoms with Gasteiger partial charge in [0.2, 0.25) is 0 Å². The van der Waals surface area contributed by atoms with Crippen molar-refractivity contribution >= 4 is 0 Å². The van der Waals surface area contributed by atoms with Crippen molar-refractivity contribution < 1.29 is 9.47 Å². The number of hydrogen-bond acceptors (Lipinski definition) is 2. The summed E-state index contributed by atoms with van der Waals surface area (Å²) in [5.74, 6) is 1.67. The van der Waals surface area contributed by atoms with Crippen molar-refractivity contribution in [1.82, 2.24) is 0 Å². The number of hydrogen-bond donors (Lipinski definition) is 0. The third-order valence-electron chi connectivity index (χ3n) is 2.92. The molecule has 0 radical (unpaired) electrons. The minimum absolute atomic E-state index is 0.320. The van der Waals surface area contributed by atoms with Gasteiger partial charge in [0, 0.05) is 7.11 Å². The Bertz CT molecular complexity index is 310. The number of rotatable bonds is 8. The normalized spacial score (nSPS) is 12.4. The lowest BCUT2D eigenvalue weighted by Crippen LogP contribution is -2.05. The smallest absolute Gasteiger partial charge is 0.188 e. The van der Waals surface area contributed by atoms with Crippen LogP contribution in [-0.2, 0) is 11.2 Å². The lowest BCUT2D eigenvalue weighted by atomic mass is 9.95. The SMILES string of the molecule is CCCC[C@H](C)Cc1ccccc1OCOC. The summed E-state index contributed by atoms with van der Waals surface area (Å²) in [4.78, 5) is 0. The van der Waals surface area contributed by atoms with Crippen LogP contribution >= 0.6 is 0 Å². The Morgan fingerprint density at radius 1 is 1.24 bits per heavy atom. The van der Waals surface area contributed by atoms with Gasteiger partial charge in [-0.1, -0.05) is 51.3 Å². The molecule has 0 bridgehead atoms. The number of benzene rings is 1. The second-order valence-corrected chi connectivity index (χ2v) is 4.61. The van der Waals surface area contributed by atoms with E-state index in [2.05, 4.69) is 26.0 Å². The molecule has 0 heterocycles. The maximum atomic E-state index is 5.57. The zero-order valence-electron chi connectivity index (χ0n) is 11.2. The van der Waals surface area contributed by atoms with Crippen LogP contribution in [0.25, 0.3) is 0 Å². The van der Waals surface area contributed by atoms with Crippen LogP contribution < -0.4 is 4.74 Å². The van der Waals surface area contributed by atoms with E-state index in [1.165, 1.54) is 24.8 Å². The quantitative estimate of drug-likeness (QED) is 0.634. The molecule has 0 spiro atoms. The van der Waals surface area contributed by atoms with Crippen LogP contribution in [-0.4, -0.2) is 13.9 Å². The van der Waals surface area contributed by atoms with Crippen molar-refractivity contribution in [2.24, 2.45) is 5.92 Å². The van der Waals surface area contributed by atoms with Gasteiger partial charge in [0.25, 0.3) is 0 Å². The molecule has 1 rings (SSSR count). The number of para-hydroxylation sites is 1. The predicted molar refractivity (Wildman–Crippen MR) is 71.3 cm³/mol. The number of ether oxygens (including phenoxy) is 2. The summed E-state index contributed by atoms with van der Waals surface area (Å²) in [5.41, 5.74) is 1.29. The Hall–Kier alpha value is -1.02. The molecule has 0 amide bonds. The highest BCUT2D eigenvalue weighted by molar-refractivity contribution is 5.33. The molecule has 1 atom stereocenters. The van der Waals surface area contributed by atoms with Crippen LogP contribution in [0.1, 0.15) is 38.7 Å². The molecule has 2 nitrogen and oxygen atoms in total. The summed E-state index contributed by atoms with van der Waals surface area (Å²) < 4.78 is 10.5. The summed E-state index contributed by atoms with van der Waals surface area (Å²) in [6, 6.07) is 8.24. The zero-order chi connectivity index (χ0) is 12.5. The van der Waals surface area contributed by atoms with E-state index >= 15 is 0 Å². The van der Waals surface area contributed by atoms with Gasteiger partial charge in [-0.05, 0) is 24.0 Å². The van der Waals surface area contributed by atoms with Crippen LogP contribution in [0.2, 0.25) is 0 Å². The van der Waals surface area contributed by atoms with E-state index in [-0.39, 0.29) is 0 Å². The molecule has 1 aromatic rings. The lowest BCUT2D eigenvalue weighted by molar-refractivity contribution is 0.0503. The summed E-state index contributed by atoms with van der Waals surface area (Å²) >= 11 is 0. The molecule has 17 heavy (non-hydrogen) atoms. The molecular weight excluding hydrogens is 212 g/mol. The maximum Gasteiger partial charge on any atom is 0.188 e. The summed E-state index contributed by atoms with van der Waals surface area (Å²) in [6.07, 6.45) is 4.95. The van der Waals surface area contributed by atoms with Crippen LogP contribution in [0.15, 0.2) is 24.3 Å². The highest BCUT2D eigenvalue weighted by atomic mass is 16.7. The fraction of sp³-hybridized carbons (Fsp3) is 0.600. The Morgan fingerprint density at radius 3 is 2.71 bits per heavy atom. The number of unbranched alkanes of at least 4 members (excludes halogenated alkanes) is 1. The van der Waals surface area contributed by atoms with Crippen LogP contribution in [0.3, 0.4) is 0 Å². The van der Waals surface area contributed by atoms with Crippen LogP contribution in [0.4, 0.5) is 0 Å². The van der Waals surface area contributed by atoms with E-state index in [0.29, 0.717) is 12.7 Å². The fourth-order valence-electron chi connectivity index (χ4n) is 1.97. The Kier molecular flexibility index (Phi) is 6.71. The van der Waals surface area contributed by atoms with Gasteiger partial charge >= 0.3 is 0 Å².